The summed E-state index contributed by atoms with van der Waals surface area (Å²) in [6.45, 7) is 0. The first-order chi connectivity index (χ1) is 8.66. The first-order valence-corrected chi connectivity index (χ1v) is 5.87. The monoisotopic (exact) mass is 245 g/mol. The highest BCUT2D eigenvalue weighted by atomic mass is 19.1. The normalized spacial score (nSPS) is 16.2. The molecule has 0 saturated heterocycles. The van der Waals surface area contributed by atoms with Crippen molar-refractivity contribution in [1.82, 2.24) is 4.98 Å². The van der Waals surface area contributed by atoms with Crippen LogP contribution < -0.4 is 0 Å². The highest BCUT2D eigenvalue weighted by Crippen LogP contribution is 2.43. The number of aliphatic carboxylic acids is 1. The molecule has 1 fully saturated rings. The summed E-state index contributed by atoms with van der Waals surface area (Å²) in [6, 6.07) is 4.84. The number of carboxylic acid groups (broad SMARTS) is 1. The van der Waals surface area contributed by atoms with Crippen molar-refractivity contribution >= 4 is 22.4 Å². The van der Waals surface area contributed by atoms with Gasteiger partial charge in [-0.05, 0) is 30.4 Å². The van der Waals surface area contributed by atoms with E-state index in [-0.39, 0.29) is 5.82 Å². The second-order valence-corrected chi connectivity index (χ2v) is 4.58. The van der Waals surface area contributed by atoms with Gasteiger partial charge in [0.2, 0.25) is 0 Å². The highest BCUT2D eigenvalue weighted by molar-refractivity contribution is 5.99. The zero-order chi connectivity index (χ0) is 12.7. The van der Waals surface area contributed by atoms with E-state index >= 15 is 0 Å². The number of halogens is 1. The van der Waals surface area contributed by atoms with Gasteiger partial charge in [0.25, 0.3) is 0 Å². The van der Waals surface area contributed by atoms with E-state index in [9.17, 15) is 9.18 Å². The maximum absolute atomic E-state index is 13.6. The fourth-order valence-corrected chi connectivity index (χ4v) is 2.30. The number of hydrogen-bond acceptors (Lipinski definition) is 1. The van der Waals surface area contributed by atoms with Crippen LogP contribution in [0.4, 0.5) is 4.39 Å². The first kappa shape index (κ1) is 11.0. The number of benzene rings is 1. The molecule has 0 spiro atoms. The average Bonchev–Trinajstić information content (AvgIpc) is 3.06. The lowest BCUT2D eigenvalue weighted by Crippen LogP contribution is -1.93. The molecule has 3 nitrogen and oxygen atoms in total. The van der Waals surface area contributed by atoms with Gasteiger partial charge < -0.3 is 10.1 Å². The number of carbonyl (C=O) groups is 1. The summed E-state index contributed by atoms with van der Waals surface area (Å²) in [5.74, 6) is -0.977. The van der Waals surface area contributed by atoms with Gasteiger partial charge in [0.15, 0.2) is 0 Å². The molecule has 2 aromatic rings. The molecular formula is C14H12FNO2. The van der Waals surface area contributed by atoms with Gasteiger partial charge in [0.1, 0.15) is 5.82 Å². The van der Waals surface area contributed by atoms with E-state index in [1.165, 1.54) is 12.1 Å². The summed E-state index contributed by atoms with van der Waals surface area (Å²) >= 11 is 0. The molecule has 1 aromatic heterocycles. The van der Waals surface area contributed by atoms with Gasteiger partial charge in [-0.2, -0.15) is 0 Å². The lowest BCUT2D eigenvalue weighted by molar-refractivity contribution is -0.131. The molecule has 92 valence electrons. The van der Waals surface area contributed by atoms with E-state index in [1.54, 1.807) is 12.3 Å². The summed E-state index contributed by atoms with van der Waals surface area (Å²) in [6.07, 6.45) is 4.94. The molecule has 0 atom stereocenters. The number of allylic oxidation sites excluding steroid dienone is 1. The van der Waals surface area contributed by atoms with Crippen molar-refractivity contribution in [3.05, 3.63) is 41.9 Å². The SMILES string of the molecule is O=C(O)/C=C(/c1c[nH]c2c(F)cccc12)C1CC1. The number of carboxylic acids is 1. The molecule has 18 heavy (non-hydrogen) atoms. The van der Waals surface area contributed by atoms with E-state index < -0.39 is 5.97 Å². The van der Waals surface area contributed by atoms with Crippen molar-refractivity contribution in [2.75, 3.05) is 0 Å². The van der Waals surface area contributed by atoms with E-state index in [2.05, 4.69) is 4.98 Å². The number of para-hydroxylation sites is 1. The Bertz CT molecular complexity index is 653. The molecule has 1 aliphatic rings. The zero-order valence-corrected chi connectivity index (χ0v) is 9.61. The first-order valence-electron chi connectivity index (χ1n) is 5.87. The fourth-order valence-electron chi connectivity index (χ4n) is 2.30. The minimum absolute atomic E-state index is 0.295. The van der Waals surface area contributed by atoms with Crippen molar-refractivity contribution in [2.45, 2.75) is 12.8 Å². The van der Waals surface area contributed by atoms with Crippen LogP contribution in [0.3, 0.4) is 0 Å². The molecule has 0 amide bonds. The molecule has 1 aromatic carbocycles. The van der Waals surface area contributed by atoms with Crippen molar-refractivity contribution in [1.29, 1.82) is 0 Å². The predicted octanol–water partition coefficient (Wildman–Crippen LogP) is 3.19. The third-order valence-electron chi connectivity index (χ3n) is 3.27. The van der Waals surface area contributed by atoms with Crippen molar-refractivity contribution in [3.63, 3.8) is 0 Å². The summed E-state index contributed by atoms with van der Waals surface area (Å²) in [7, 11) is 0. The number of H-pyrrole nitrogens is 1. The lowest BCUT2D eigenvalue weighted by Gasteiger charge is -2.03. The quantitative estimate of drug-likeness (QED) is 0.816. The molecule has 3 rings (SSSR count). The van der Waals surface area contributed by atoms with Crippen LogP contribution in [0, 0.1) is 11.7 Å². The number of aromatic nitrogens is 1. The van der Waals surface area contributed by atoms with E-state index in [0.717, 1.165) is 29.4 Å². The minimum Gasteiger partial charge on any atom is -0.478 e. The van der Waals surface area contributed by atoms with Crippen molar-refractivity contribution in [2.24, 2.45) is 5.92 Å². The Balaban J connectivity index is 2.18. The molecule has 2 N–H and O–H groups in total. The van der Waals surface area contributed by atoms with E-state index in [4.69, 9.17) is 5.11 Å². The smallest absolute Gasteiger partial charge is 0.328 e. The van der Waals surface area contributed by atoms with Crippen molar-refractivity contribution < 1.29 is 14.3 Å². The fraction of sp³-hybridized carbons (Fsp3) is 0.214. The summed E-state index contributed by atoms with van der Waals surface area (Å²) in [4.78, 5) is 13.8. The lowest BCUT2D eigenvalue weighted by atomic mass is 10.0. The second kappa shape index (κ2) is 3.98. The van der Waals surface area contributed by atoms with Gasteiger partial charge in [-0.1, -0.05) is 12.1 Å². The predicted molar refractivity (Wildman–Crippen MR) is 66.6 cm³/mol. The van der Waals surface area contributed by atoms with Crippen LogP contribution in [0.25, 0.3) is 16.5 Å². The van der Waals surface area contributed by atoms with Gasteiger partial charge in [0, 0.05) is 23.2 Å². The molecule has 0 radical (unpaired) electrons. The van der Waals surface area contributed by atoms with Gasteiger partial charge in [-0.25, -0.2) is 9.18 Å². The summed E-state index contributed by atoms with van der Waals surface area (Å²) < 4.78 is 13.6. The van der Waals surface area contributed by atoms with Crippen LogP contribution in [-0.4, -0.2) is 16.1 Å². The molecular weight excluding hydrogens is 233 g/mol. The van der Waals surface area contributed by atoms with Gasteiger partial charge >= 0.3 is 5.97 Å². The van der Waals surface area contributed by atoms with Crippen LogP contribution >= 0.6 is 0 Å². The number of nitrogens with one attached hydrogen (secondary N) is 1. The Morgan fingerprint density at radius 3 is 2.89 bits per heavy atom. The third-order valence-corrected chi connectivity index (χ3v) is 3.27. The molecule has 4 heteroatoms. The Labute approximate surface area is 103 Å². The van der Waals surface area contributed by atoms with Crippen LogP contribution in [0.1, 0.15) is 18.4 Å². The average molecular weight is 245 g/mol. The number of hydrogen-bond donors (Lipinski definition) is 2. The number of aromatic amines is 1. The standard InChI is InChI=1S/C14H12FNO2/c15-12-3-1-2-9-11(7-16-14(9)12)10(6-13(17)18)8-4-5-8/h1-3,6-8,16H,4-5H2,(H,17,18)/b10-6+. The Morgan fingerprint density at radius 1 is 1.44 bits per heavy atom. The Morgan fingerprint density at radius 2 is 2.22 bits per heavy atom. The number of rotatable bonds is 3. The van der Waals surface area contributed by atoms with E-state index in [0.29, 0.717) is 11.4 Å². The van der Waals surface area contributed by atoms with Gasteiger partial charge in [0.05, 0.1) is 5.52 Å². The van der Waals surface area contributed by atoms with Gasteiger partial charge in [-0.3, -0.25) is 0 Å². The maximum atomic E-state index is 13.6. The molecule has 1 aliphatic carbocycles. The molecule has 0 unspecified atom stereocenters. The topological polar surface area (TPSA) is 53.1 Å². The Hall–Kier alpha value is -2.10. The molecule has 1 heterocycles. The third kappa shape index (κ3) is 1.79. The van der Waals surface area contributed by atoms with Crippen molar-refractivity contribution in [3.8, 4) is 0 Å². The molecule has 0 bridgehead atoms. The number of fused-ring (bicyclic) bond motifs is 1. The second-order valence-electron chi connectivity index (χ2n) is 4.58. The largest absolute Gasteiger partial charge is 0.478 e. The summed E-state index contributed by atoms with van der Waals surface area (Å²) in [5.41, 5.74) is 2.03. The maximum Gasteiger partial charge on any atom is 0.328 e. The van der Waals surface area contributed by atoms with E-state index in [1.807, 2.05) is 6.07 Å². The van der Waals surface area contributed by atoms with Crippen LogP contribution in [-0.2, 0) is 4.79 Å². The van der Waals surface area contributed by atoms with Gasteiger partial charge in [-0.15, -0.1) is 0 Å². The molecule has 0 aliphatic heterocycles. The van der Waals surface area contributed by atoms with Crippen LogP contribution in [0.2, 0.25) is 0 Å². The molecule has 1 saturated carbocycles. The Kier molecular flexibility index (Phi) is 2.44. The highest BCUT2D eigenvalue weighted by Gasteiger charge is 2.29. The minimum atomic E-state index is -0.956. The zero-order valence-electron chi connectivity index (χ0n) is 9.61. The van der Waals surface area contributed by atoms with Crippen LogP contribution in [0.15, 0.2) is 30.5 Å². The van der Waals surface area contributed by atoms with Crippen LogP contribution in [0.5, 0.6) is 0 Å². The summed E-state index contributed by atoms with van der Waals surface area (Å²) in [5, 5.41) is 9.67.